The lowest BCUT2D eigenvalue weighted by Gasteiger charge is -2.11. The fourth-order valence-electron chi connectivity index (χ4n) is 1.84. The maximum atomic E-state index is 6.08. The van der Waals surface area contributed by atoms with Crippen LogP contribution in [0.3, 0.4) is 0 Å². The van der Waals surface area contributed by atoms with E-state index in [9.17, 15) is 0 Å². The van der Waals surface area contributed by atoms with Gasteiger partial charge < -0.3 is 10.5 Å². The standard InChI is InChI=1S/C16H18ClNO/c1-2-13(18)10-12-6-5-7-14(11-12)19-16-9-4-3-8-15(16)17/h3-9,11,13H,2,10,18H2,1H3. The van der Waals surface area contributed by atoms with Gasteiger partial charge >= 0.3 is 0 Å². The smallest absolute Gasteiger partial charge is 0.146 e. The Morgan fingerprint density at radius 2 is 1.95 bits per heavy atom. The van der Waals surface area contributed by atoms with E-state index in [0.29, 0.717) is 10.8 Å². The SMILES string of the molecule is CCC(N)Cc1cccc(Oc2ccccc2Cl)c1. The number of rotatable bonds is 5. The first-order chi connectivity index (χ1) is 9.19. The fraction of sp³-hybridized carbons (Fsp3) is 0.250. The molecule has 0 saturated heterocycles. The van der Waals surface area contributed by atoms with Crippen LogP contribution in [0.15, 0.2) is 48.5 Å². The molecule has 0 fully saturated rings. The molecule has 3 heteroatoms. The zero-order valence-corrected chi connectivity index (χ0v) is 11.7. The second-order valence-electron chi connectivity index (χ2n) is 4.55. The van der Waals surface area contributed by atoms with E-state index >= 15 is 0 Å². The molecular weight excluding hydrogens is 258 g/mol. The summed E-state index contributed by atoms with van der Waals surface area (Å²) < 4.78 is 5.79. The van der Waals surface area contributed by atoms with Gasteiger partial charge in [0.15, 0.2) is 0 Å². The normalized spacial score (nSPS) is 12.2. The summed E-state index contributed by atoms with van der Waals surface area (Å²) >= 11 is 6.08. The largest absolute Gasteiger partial charge is 0.456 e. The van der Waals surface area contributed by atoms with Gasteiger partial charge in [-0.1, -0.05) is 42.8 Å². The third kappa shape index (κ3) is 3.98. The van der Waals surface area contributed by atoms with Crippen molar-refractivity contribution in [2.24, 2.45) is 5.73 Å². The van der Waals surface area contributed by atoms with Crippen LogP contribution in [-0.2, 0) is 6.42 Å². The van der Waals surface area contributed by atoms with E-state index in [4.69, 9.17) is 22.1 Å². The first-order valence-electron chi connectivity index (χ1n) is 6.46. The number of para-hydroxylation sites is 1. The maximum Gasteiger partial charge on any atom is 0.146 e. The molecule has 2 rings (SSSR count). The summed E-state index contributed by atoms with van der Waals surface area (Å²) in [5, 5.41) is 0.609. The summed E-state index contributed by atoms with van der Waals surface area (Å²) in [5.74, 6) is 1.45. The number of benzene rings is 2. The number of ether oxygens (including phenoxy) is 1. The highest BCUT2D eigenvalue weighted by molar-refractivity contribution is 6.32. The maximum absolute atomic E-state index is 6.08. The Bertz CT molecular complexity index is 542. The highest BCUT2D eigenvalue weighted by atomic mass is 35.5. The van der Waals surface area contributed by atoms with Crippen LogP contribution < -0.4 is 10.5 Å². The van der Waals surface area contributed by atoms with Crippen molar-refractivity contribution in [1.82, 2.24) is 0 Å². The molecule has 0 amide bonds. The van der Waals surface area contributed by atoms with Gasteiger partial charge in [0.05, 0.1) is 5.02 Å². The molecule has 0 saturated carbocycles. The van der Waals surface area contributed by atoms with E-state index in [2.05, 4.69) is 13.0 Å². The van der Waals surface area contributed by atoms with E-state index < -0.39 is 0 Å². The summed E-state index contributed by atoms with van der Waals surface area (Å²) in [5.41, 5.74) is 7.15. The monoisotopic (exact) mass is 275 g/mol. The van der Waals surface area contributed by atoms with Crippen LogP contribution in [0.4, 0.5) is 0 Å². The summed E-state index contributed by atoms with van der Waals surface area (Å²) in [6.45, 7) is 2.09. The van der Waals surface area contributed by atoms with Gasteiger partial charge in [-0.2, -0.15) is 0 Å². The highest BCUT2D eigenvalue weighted by Crippen LogP contribution is 2.29. The lowest BCUT2D eigenvalue weighted by molar-refractivity contribution is 0.481. The number of hydrogen-bond donors (Lipinski definition) is 1. The average molecular weight is 276 g/mol. The molecule has 2 aromatic rings. The molecule has 0 aliphatic rings. The van der Waals surface area contributed by atoms with Gasteiger partial charge in [-0.15, -0.1) is 0 Å². The molecule has 0 bridgehead atoms. The van der Waals surface area contributed by atoms with Crippen LogP contribution in [0, 0.1) is 0 Å². The van der Waals surface area contributed by atoms with Crippen molar-refractivity contribution in [2.45, 2.75) is 25.8 Å². The molecule has 1 atom stereocenters. The minimum absolute atomic E-state index is 0.190. The zero-order chi connectivity index (χ0) is 13.7. The Balaban J connectivity index is 2.13. The highest BCUT2D eigenvalue weighted by Gasteiger charge is 2.05. The Morgan fingerprint density at radius 3 is 2.68 bits per heavy atom. The predicted octanol–water partition coefficient (Wildman–Crippen LogP) is 4.41. The Hall–Kier alpha value is -1.51. The molecule has 2 N–H and O–H groups in total. The number of hydrogen-bond acceptors (Lipinski definition) is 2. The molecule has 1 unspecified atom stereocenters. The summed E-state index contributed by atoms with van der Waals surface area (Å²) in [6.07, 6.45) is 1.83. The van der Waals surface area contributed by atoms with E-state index in [1.165, 1.54) is 5.56 Å². The van der Waals surface area contributed by atoms with Crippen molar-refractivity contribution in [3.8, 4) is 11.5 Å². The van der Waals surface area contributed by atoms with Crippen molar-refractivity contribution < 1.29 is 4.74 Å². The van der Waals surface area contributed by atoms with Gasteiger partial charge in [0.1, 0.15) is 11.5 Å². The Labute approximate surface area is 119 Å². The summed E-state index contributed by atoms with van der Waals surface area (Å²) in [6, 6.07) is 15.6. The van der Waals surface area contributed by atoms with Crippen molar-refractivity contribution in [2.75, 3.05) is 0 Å². The van der Waals surface area contributed by atoms with Gasteiger partial charge in [0.2, 0.25) is 0 Å². The van der Waals surface area contributed by atoms with Crippen LogP contribution >= 0.6 is 11.6 Å². The van der Waals surface area contributed by atoms with Crippen molar-refractivity contribution in [1.29, 1.82) is 0 Å². The second kappa shape index (κ2) is 6.60. The minimum atomic E-state index is 0.190. The van der Waals surface area contributed by atoms with Gasteiger partial charge in [0.25, 0.3) is 0 Å². The predicted molar refractivity (Wildman–Crippen MR) is 79.9 cm³/mol. The van der Waals surface area contributed by atoms with Crippen LogP contribution in [-0.4, -0.2) is 6.04 Å². The molecule has 0 heterocycles. The molecule has 0 aliphatic heterocycles. The minimum Gasteiger partial charge on any atom is -0.456 e. The Kier molecular flexibility index (Phi) is 4.83. The molecular formula is C16H18ClNO. The molecule has 19 heavy (non-hydrogen) atoms. The molecule has 2 aromatic carbocycles. The fourth-order valence-corrected chi connectivity index (χ4v) is 2.01. The molecule has 0 spiro atoms. The molecule has 0 radical (unpaired) electrons. The van der Waals surface area contributed by atoms with E-state index in [1.54, 1.807) is 0 Å². The molecule has 0 aliphatic carbocycles. The van der Waals surface area contributed by atoms with Gasteiger partial charge in [-0.25, -0.2) is 0 Å². The molecule has 100 valence electrons. The quantitative estimate of drug-likeness (QED) is 0.877. The van der Waals surface area contributed by atoms with Crippen LogP contribution in [0.25, 0.3) is 0 Å². The van der Waals surface area contributed by atoms with Gasteiger partial charge in [-0.3, -0.25) is 0 Å². The Morgan fingerprint density at radius 1 is 1.16 bits per heavy atom. The lowest BCUT2D eigenvalue weighted by Crippen LogP contribution is -2.21. The van der Waals surface area contributed by atoms with E-state index in [1.807, 2.05) is 42.5 Å². The number of halogens is 1. The average Bonchev–Trinajstić information content (AvgIpc) is 2.42. The first-order valence-corrected chi connectivity index (χ1v) is 6.83. The molecule has 0 aromatic heterocycles. The third-order valence-electron chi connectivity index (χ3n) is 2.99. The first kappa shape index (κ1) is 13.9. The van der Waals surface area contributed by atoms with E-state index in [-0.39, 0.29) is 6.04 Å². The van der Waals surface area contributed by atoms with Crippen LogP contribution in [0.2, 0.25) is 5.02 Å². The van der Waals surface area contributed by atoms with Crippen LogP contribution in [0.1, 0.15) is 18.9 Å². The van der Waals surface area contributed by atoms with Crippen molar-refractivity contribution in [3.05, 3.63) is 59.1 Å². The zero-order valence-electron chi connectivity index (χ0n) is 11.0. The van der Waals surface area contributed by atoms with Crippen molar-refractivity contribution in [3.63, 3.8) is 0 Å². The number of nitrogens with two attached hydrogens (primary N) is 1. The van der Waals surface area contributed by atoms with Gasteiger partial charge in [0, 0.05) is 6.04 Å². The molecule has 2 nitrogen and oxygen atoms in total. The van der Waals surface area contributed by atoms with Gasteiger partial charge in [-0.05, 0) is 42.7 Å². The van der Waals surface area contributed by atoms with E-state index in [0.717, 1.165) is 18.6 Å². The third-order valence-corrected chi connectivity index (χ3v) is 3.30. The van der Waals surface area contributed by atoms with Crippen LogP contribution in [0.5, 0.6) is 11.5 Å². The summed E-state index contributed by atoms with van der Waals surface area (Å²) in [7, 11) is 0. The van der Waals surface area contributed by atoms with Crippen molar-refractivity contribution >= 4 is 11.6 Å². The lowest BCUT2D eigenvalue weighted by atomic mass is 10.0. The summed E-state index contributed by atoms with van der Waals surface area (Å²) in [4.78, 5) is 0. The topological polar surface area (TPSA) is 35.2 Å². The second-order valence-corrected chi connectivity index (χ2v) is 4.96.